The van der Waals surface area contributed by atoms with Crippen molar-refractivity contribution >= 4 is 45.0 Å². The lowest BCUT2D eigenvalue weighted by Gasteiger charge is -2.12. The monoisotopic (exact) mass is 524 g/mol. The van der Waals surface area contributed by atoms with Gasteiger partial charge in [0.1, 0.15) is 4.90 Å². The molecular formula is C25H24N4O5S2. The molecule has 2 N–H and O–H groups in total. The first-order chi connectivity index (χ1) is 17.3. The minimum Gasteiger partial charge on any atom is -0.490 e. The van der Waals surface area contributed by atoms with Gasteiger partial charge in [-0.05, 0) is 61.9 Å². The highest BCUT2D eigenvalue weighted by Gasteiger charge is 2.19. The molecule has 4 rings (SSSR count). The highest BCUT2D eigenvalue weighted by molar-refractivity contribution is 7.99. The van der Waals surface area contributed by atoms with Gasteiger partial charge >= 0.3 is 10.1 Å². The van der Waals surface area contributed by atoms with Crippen LogP contribution in [-0.2, 0) is 14.9 Å². The Morgan fingerprint density at radius 1 is 1.11 bits per heavy atom. The molecule has 0 unspecified atom stereocenters. The number of H-pyrrole nitrogens is 1. The number of hydrazone groups is 1. The first-order valence-corrected chi connectivity index (χ1v) is 13.4. The summed E-state index contributed by atoms with van der Waals surface area (Å²) >= 11 is 1.27. The van der Waals surface area contributed by atoms with E-state index in [0.29, 0.717) is 17.3 Å². The Labute approximate surface area is 213 Å². The summed E-state index contributed by atoms with van der Waals surface area (Å²) in [6.45, 7) is 3.95. The van der Waals surface area contributed by atoms with Gasteiger partial charge in [-0.25, -0.2) is 10.4 Å². The number of fused-ring (bicyclic) bond motifs is 1. The molecular weight excluding hydrogens is 500 g/mol. The second kappa shape index (κ2) is 11.3. The molecule has 0 fully saturated rings. The number of carbonyl (C=O) groups excluding carboxylic acids is 1. The van der Waals surface area contributed by atoms with Gasteiger partial charge in [-0.1, -0.05) is 41.6 Å². The summed E-state index contributed by atoms with van der Waals surface area (Å²) in [5, 5.41) is 4.62. The van der Waals surface area contributed by atoms with Crippen molar-refractivity contribution in [2.75, 3.05) is 12.4 Å². The van der Waals surface area contributed by atoms with E-state index in [4.69, 9.17) is 8.92 Å². The zero-order chi connectivity index (χ0) is 25.5. The predicted molar refractivity (Wildman–Crippen MR) is 139 cm³/mol. The fraction of sp³-hybridized carbons (Fsp3) is 0.160. The molecule has 0 spiro atoms. The number of nitrogens with one attached hydrogen (secondary N) is 2. The number of benzene rings is 3. The lowest BCUT2D eigenvalue weighted by atomic mass is 10.2. The van der Waals surface area contributed by atoms with Crippen molar-refractivity contribution in [2.24, 2.45) is 5.10 Å². The lowest BCUT2D eigenvalue weighted by Crippen LogP contribution is -2.19. The van der Waals surface area contributed by atoms with Gasteiger partial charge in [0.05, 0.1) is 29.6 Å². The van der Waals surface area contributed by atoms with Gasteiger partial charge in [0, 0.05) is 0 Å². The zero-order valence-electron chi connectivity index (χ0n) is 19.6. The summed E-state index contributed by atoms with van der Waals surface area (Å²) in [5.41, 5.74) is 5.73. The third-order valence-corrected chi connectivity index (χ3v) is 7.01. The van der Waals surface area contributed by atoms with E-state index >= 15 is 0 Å². The van der Waals surface area contributed by atoms with E-state index in [-0.39, 0.29) is 28.1 Å². The van der Waals surface area contributed by atoms with Crippen molar-refractivity contribution in [3.8, 4) is 11.5 Å². The van der Waals surface area contributed by atoms with Crippen LogP contribution in [0.5, 0.6) is 11.5 Å². The van der Waals surface area contributed by atoms with Crippen molar-refractivity contribution in [2.45, 2.75) is 23.9 Å². The number of imidazole rings is 1. The number of aromatic nitrogens is 2. The molecule has 186 valence electrons. The molecule has 0 aliphatic heterocycles. The lowest BCUT2D eigenvalue weighted by molar-refractivity contribution is -0.118. The molecule has 3 aromatic carbocycles. The second-order valence-electron chi connectivity index (χ2n) is 7.63. The molecule has 1 amide bonds. The van der Waals surface area contributed by atoms with Crippen LogP contribution in [0, 0.1) is 6.92 Å². The zero-order valence-corrected chi connectivity index (χ0v) is 21.2. The molecule has 4 aromatic rings. The van der Waals surface area contributed by atoms with Gasteiger partial charge in [0.25, 0.3) is 5.91 Å². The van der Waals surface area contributed by atoms with Crippen LogP contribution in [0.4, 0.5) is 0 Å². The second-order valence-corrected chi connectivity index (χ2v) is 10.1. The van der Waals surface area contributed by atoms with E-state index in [2.05, 4.69) is 20.5 Å². The van der Waals surface area contributed by atoms with E-state index in [1.54, 1.807) is 31.2 Å². The van der Waals surface area contributed by atoms with Gasteiger partial charge < -0.3 is 13.9 Å². The molecule has 36 heavy (non-hydrogen) atoms. The Bertz CT molecular complexity index is 1470. The first kappa shape index (κ1) is 25.3. The van der Waals surface area contributed by atoms with E-state index in [9.17, 15) is 13.2 Å². The maximum Gasteiger partial charge on any atom is 0.339 e. The molecule has 0 atom stereocenters. The van der Waals surface area contributed by atoms with E-state index in [0.717, 1.165) is 16.6 Å². The van der Waals surface area contributed by atoms with Crippen LogP contribution in [0.15, 0.2) is 81.9 Å². The van der Waals surface area contributed by atoms with Crippen LogP contribution in [0.25, 0.3) is 11.0 Å². The smallest absolute Gasteiger partial charge is 0.339 e. The van der Waals surface area contributed by atoms with Crippen molar-refractivity contribution in [1.29, 1.82) is 0 Å². The van der Waals surface area contributed by atoms with Gasteiger partial charge in [-0.2, -0.15) is 13.5 Å². The number of aromatic amines is 1. The Hall–Kier alpha value is -3.83. The van der Waals surface area contributed by atoms with E-state index in [1.165, 1.54) is 36.2 Å². The number of nitrogens with zero attached hydrogens (tertiary/aromatic N) is 2. The van der Waals surface area contributed by atoms with Crippen molar-refractivity contribution in [3.63, 3.8) is 0 Å². The number of rotatable bonds is 10. The highest BCUT2D eigenvalue weighted by atomic mass is 32.2. The Morgan fingerprint density at radius 2 is 1.89 bits per heavy atom. The third-order valence-electron chi connectivity index (χ3n) is 4.89. The van der Waals surface area contributed by atoms with Crippen molar-refractivity contribution < 1.29 is 22.1 Å². The van der Waals surface area contributed by atoms with Gasteiger partial charge in [0.15, 0.2) is 16.7 Å². The van der Waals surface area contributed by atoms with Gasteiger partial charge in [-0.15, -0.1) is 0 Å². The molecule has 9 nitrogen and oxygen atoms in total. The molecule has 11 heteroatoms. The number of hydrogen-bond donors (Lipinski definition) is 2. The number of carbonyl (C=O) groups is 1. The topological polar surface area (TPSA) is 123 Å². The van der Waals surface area contributed by atoms with Crippen LogP contribution in [0.2, 0.25) is 0 Å². The molecule has 0 saturated heterocycles. The quantitative estimate of drug-likeness (QED) is 0.137. The van der Waals surface area contributed by atoms with E-state index < -0.39 is 10.1 Å². The van der Waals surface area contributed by atoms with Crippen LogP contribution in [-0.4, -0.2) is 42.9 Å². The Kier molecular flexibility index (Phi) is 7.91. The highest BCUT2D eigenvalue weighted by Crippen LogP contribution is 2.31. The van der Waals surface area contributed by atoms with Gasteiger partial charge in [-0.3, -0.25) is 4.79 Å². The molecule has 0 bridgehead atoms. The summed E-state index contributed by atoms with van der Waals surface area (Å²) in [7, 11) is -4.03. The fourth-order valence-corrected chi connectivity index (χ4v) is 4.77. The maximum atomic E-state index is 12.7. The van der Waals surface area contributed by atoms with Crippen LogP contribution < -0.4 is 14.3 Å². The normalized spacial score (nSPS) is 11.6. The first-order valence-electron chi connectivity index (χ1n) is 11.0. The number of hydrogen-bond acceptors (Lipinski definition) is 8. The summed E-state index contributed by atoms with van der Waals surface area (Å²) < 4.78 is 36.2. The number of para-hydroxylation sites is 2. The minimum atomic E-state index is -4.03. The largest absolute Gasteiger partial charge is 0.490 e. The molecule has 0 saturated carbocycles. The van der Waals surface area contributed by atoms with Crippen molar-refractivity contribution in [1.82, 2.24) is 15.4 Å². The summed E-state index contributed by atoms with van der Waals surface area (Å²) in [6.07, 6.45) is 1.44. The average molecular weight is 525 g/mol. The SMILES string of the molecule is CCOc1cc(/C=N\NC(=O)CSc2nc3ccccc3[nH]2)ccc1OS(=O)(=O)c1ccc(C)cc1. The summed E-state index contributed by atoms with van der Waals surface area (Å²) in [4.78, 5) is 19.8. The third kappa shape index (κ3) is 6.43. The molecule has 0 aliphatic rings. The maximum absolute atomic E-state index is 12.7. The molecule has 0 aliphatic carbocycles. The average Bonchev–Trinajstić information content (AvgIpc) is 3.28. The van der Waals surface area contributed by atoms with Crippen LogP contribution >= 0.6 is 11.8 Å². The number of aryl methyl sites for hydroxylation is 1. The summed E-state index contributed by atoms with van der Waals surface area (Å²) in [6, 6.07) is 18.7. The number of amides is 1. The van der Waals surface area contributed by atoms with Crippen molar-refractivity contribution in [3.05, 3.63) is 77.9 Å². The van der Waals surface area contributed by atoms with E-state index in [1.807, 2.05) is 31.2 Å². The van der Waals surface area contributed by atoms with Gasteiger partial charge in [0.2, 0.25) is 0 Å². The Balaban J connectivity index is 1.37. The molecule has 1 heterocycles. The number of thioether (sulfide) groups is 1. The Morgan fingerprint density at radius 3 is 2.64 bits per heavy atom. The summed E-state index contributed by atoms with van der Waals surface area (Å²) in [5.74, 6) is 0.126. The standard InChI is InChI=1S/C25H24N4O5S2/c1-3-33-23-14-18(10-13-22(23)34-36(31,32)19-11-8-17(2)9-12-19)15-26-29-24(30)16-35-25-27-20-6-4-5-7-21(20)28-25/h4-15H,3,16H2,1-2H3,(H,27,28)(H,29,30)/b26-15-. The fourth-order valence-electron chi connectivity index (χ4n) is 3.16. The van der Waals surface area contributed by atoms with Crippen LogP contribution in [0.3, 0.4) is 0 Å². The predicted octanol–water partition coefficient (Wildman–Crippen LogP) is 4.28. The minimum absolute atomic E-state index is 0.0458. The molecule has 0 radical (unpaired) electrons. The van der Waals surface area contributed by atoms with Crippen LogP contribution in [0.1, 0.15) is 18.1 Å². The number of ether oxygens (including phenoxy) is 1. The molecule has 1 aromatic heterocycles.